The average molecular weight is 540 g/mol. The molecule has 6 nitrogen and oxygen atoms in total. The van der Waals surface area contributed by atoms with Crippen LogP contribution in [-0.4, -0.2) is 12.5 Å². The zero-order valence-corrected chi connectivity index (χ0v) is 22.2. The number of carbonyl (C=O) groups is 1. The van der Waals surface area contributed by atoms with Crippen LogP contribution in [0.3, 0.4) is 0 Å². The molecule has 0 bridgehead atoms. The third-order valence-corrected chi connectivity index (χ3v) is 6.05. The van der Waals surface area contributed by atoms with Crippen molar-refractivity contribution in [1.29, 1.82) is 0 Å². The molecule has 0 saturated heterocycles. The maximum atomic E-state index is 13.9. The Hall–Kier alpha value is -4.27. The molecule has 3 aromatic carbocycles. The molecule has 39 heavy (non-hydrogen) atoms. The highest BCUT2D eigenvalue weighted by Gasteiger charge is 2.40. The van der Waals surface area contributed by atoms with Gasteiger partial charge in [0.15, 0.2) is 6.61 Å². The minimum atomic E-state index is -5.00. The molecular formula is C30H28F3NO5. The Morgan fingerprint density at radius 2 is 1.59 bits per heavy atom. The second kappa shape index (κ2) is 10.5. The van der Waals surface area contributed by atoms with Gasteiger partial charge in [0.1, 0.15) is 17.1 Å². The molecule has 9 heteroatoms. The maximum Gasteiger partial charge on any atom is 0.453 e. The molecule has 0 saturated carbocycles. The summed E-state index contributed by atoms with van der Waals surface area (Å²) in [4.78, 5) is 25.4. The van der Waals surface area contributed by atoms with Crippen LogP contribution in [0.2, 0.25) is 0 Å². The Bertz CT molecular complexity index is 1580. The van der Waals surface area contributed by atoms with Crippen LogP contribution >= 0.6 is 0 Å². The number of halogens is 3. The van der Waals surface area contributed by atoms with E-state index in [-0.39, 0.29) is 27.9 Å². The van der Waals surface area contributed by atoms with Gasteiger partial charge in [0.05, 0.1) is 5.39 Å². The van der Waals surface area contributed by atoms with Crippen LogP contribution in [-0.2, 0) is 16.4 Å². The van der Waals surface area contributed by atoms with Gasteiger partial charge in [0.2, 0.25) is 11.2 Å². The molecule has 0 atom stereocenters. The van der Waals surface area contributed by atoms with Crippen LogP contribution in [0, 0.1) is 13.8 Å². The number of aryl methyl sites for hydroxylation is 2. The number of anilines is 1. The SMILES string of the molecule is Cc1ccc(NC(=O)COc2ccc3c(=O)c(Oc4ccc(C(C)(C)C)cc4)c(C(F)(F)F)oc3c2)c(C)c1. The highest BCUT2D eigenvalue weighted by atomic mass is 19.4. The molecule has 4 aromatic rings. The first-order valence-electron chi connectivity index (χ1n) is 12.2. The number of nitrogens with one attached hydrogen (secondary N) is 1. The molecule has 204 valence electrons. The monoisotopic (exact) mass is 539 g/mol. The standard InChI is InChI=1S/C30H28F3NO5/c1-17-6-13-23(18(2)14-17)34-25(35)16-37-21-11-12-22-24(15-21)39-28(30(31,32)33)27(26(22)36)38-20-9-7-19(8-10-20)29(3,4)5/h6-15H,16H2,1-5H3,(H,34,35). The first-order chi connectivity index (χ1) is 18.2. The number of rotatable bonds is 6. The predicted molar refractivity (Wildman–Crippen MR) is 143 cm³/mol. The summed E-state index contributed by atoms with van der Waals surface area (Å²) in [7, 11) is 0. The van der Waals surface area contributed by atoms with Gasteiger partial charge in [-0.15, -0.1) is 0 Å². The highest BCUT2D eigenvalue weighted by Crippen LogP contribution is 2.39. The van der Waals surface area contributed by atoms with E-state index in [1.165, 1.54) is 24.3 Å². The third-order valence-electron chi connectivity index (χ3n) is 6.05. The molecule has 4 rings (SSSR count). The summed E-state index contributed by atoms with van der Waals surface area (Å²) in [5, 5.41) is 2.59. The first kappa shape index (κ1) is 27.8. The molecule has 0 aliphatic carbocycles. The molecular weight excluding hydrogens is 511 g/mol. The molecule has 0 unspecified atom stereocenters. The molecule has 0 spiro atoms. The van der Waals surface area contributed by atoms with Crippen LogP contribution in [0.5, 0.6) is 17.2 Å². The number of hydrogen-bond donors (Lipinski definition) is 1. The number of carbonyl (C=O) groups excluding carboxylic acids is 1. The van der Waals surface area contributed by atoms with E-state index in [4.69, 9.17) is 13.9 Å². The van der Waals surface area contributed by atoms with Crippen LogP contribution in [0.15, 0.2) is 69.9 Å². The van der Waals surface area contributed by atoms with Crippen molar-refractivity contribution in [3.63, 3.8) is 0 Å². The smallest absolute Gasteiger partial charge is 0.453 e. The van der Waals surface area contributed by atoms with Gasteiger partial charge < -0.3 is 19.2 Å². The molecule has 0 aliphatic rings. The average Bonchev–Trinajstić information content (AvgIpc) is 2.85. The van der Waals surface area contributed by atoms with Crippen molar-refractivity contribution in [2.24, 2.45) is 0 Å². The van der Waals surface area contributed by atoms with Gasteiger partial charge in [-0.3, -0.25) is 9.59 Å². The van der Waals surface area contributed by atoms with Gasteiger partial charge in [0.25, 0.3) is 11.7 Å². The van der Waals surface area contributed by atoms with Crippen molar-refractivity contribution >= 4 is 22.6 Å². The van der Waals surface area contributed by atoms with Crippen molar-refractivity contribution in [2.75, 3.05) is 11.9 Å². The lowest BCUT2D eigenvalue weighted by molar-refractivity contribution is -0.154. The van der Waals surface area contributed by atoms with Crippen molar-refractivity contribution in [1.82, 2.24) is 0 Å². The third kappa shape index (κ3) is 6.42. The van der Waals surface area contributed by atoms with Crippen molar-refractivity contribution in [3.05, 3.63) is 93.3 Å². The second-order valence-corrected chi connectivity index (χ2v) is 10.3. The molecule has 1 heterocycles. The van der Waals surface area contributed by atoms with E-state index in [1.807, 2.05) is 46.8 Å². The minimum absolute atomic E-state index is 0.0565. The van der Waals surface area contributed by atoms with Crippen LogP contribution in [0.25, 0.3) is 11.0 Å². The number of hydrogen-bond acceptors (Lipinski definition) is 5. The van der Waals surface area contributed by atoms with Gasteiger partial charge in [-0.05, 0) is 60.7 Å². The topological polar surface area (TPSA) is 77.8 Å². The summed E-state index contributed by atoms with van der Waals surface area (Å²) in [6.45, 7) is 9.38. The lowest BCUT2D eigenvalue weighted by atomic mass is 9.87. The van der Waals surface area contributed by atoms with Crippen LogP contribution in [0.1, 0.15) is 43.2 Å². The number of ether oxygens (including phenoxy) is 2. The number of amides is 1. The van der Waals surface area contributed by atoms with Crippen LogP contribution in [0.4, 0.5) is 18.9 Å². The van der Waals surface area contributed by atoms with Crippen LogP contribution < -0.4 is 20.2 Å². The zero-order valence-electron chi connectivity index (χ0n) is 22.2. The quantitative estimate of drug-likeness (QED) is 0.274. The minimum Gasteiger partial charge on any atom is -0.484 e. The summed E-state index contributed by atoms with van der Waals surface area (Å²) in [5.74, 6) is -2.86. The Kier molecular flexibility index (Phi) is 7.46. The van der Waals surface area contributed by atoms with E-state index in [1.54, 1.807) is 18.2 Å². The fourth-order valence-electron chi connectivity index (χ4n) is 3.96. The summed E-state index contributed by atoms with van der Waals surface area (Å²) in [6, 6.07) is 15.8. The van der Waals surface area contributed by atoms with Gasteiger partial charge in [-0.2, -0.15) is 13.2 Å². The van der Waals surface area contributed by atoms with Gasteiger partial charge in [-0.1, -0.05) is 50.6 Å². The van der Waals surface area contributed by atoms with Gasteiger partial charge >= 0.3 is 6.18 Å². The molecule has 1 aromatic heterocycles. The Labute approximate surface area is 223 Å². The first-order valence-corrected chi connectivity index (χ1v) is 12.2. The highest BCUT2D eigenvalue weighted by molar-refractivity contribution is 5.92. The summed E-state index contributed by atoms with van der Waals surface area (Å²) >= 11 is 0. The van der Waals surface area contributed by atoms with Gasteiger partial charge in [-0.25, -0.2) is 0 Å². The predicted octanol–water partition coefficient (Wildman–Crippen LogP) is 7.54. The fourth-order valence-corrected chi connectivity index (χ4v) is 3.96. The van der Waals surface area contributed by atoms with E-state index < -0.39 is 35.6 Å². The zero-order chi connectivity index (χ0) is 28.5. The molecule has 1 amide bonds. The summed E-state index contributed by atoms with van der Waals surface area (Å²) < 4.78 is 57.7. The lowest BCUT2D eigenvalue weighted by Gasteiger charge is -2.19. The normalized spacial score (nSPS) is 11.9. The Morgan fingerprint density at radius 3 is 2.21 bits per heavy atom. The Balaban J connectivity index is 1.59. The van der Waals surface area contributed by atoms with E-state index in [2.05, 4.69) is 5.32 Å². The van der Waals surface area contributed by atoms with Crippen molar-refractivity contribution < 1.29 is 31.9 Å². The van der Waals surface area contributed by atoms with E-state index >= 15 is 0 Å². The number of fused-ring (bicyclic) bond motifs is 1. The molecule has 0 aliphatic heterocycles. The largest absolute Gasteiger partial charge is 0.484 e. The lowest BCUT2D eigenvalue weighted by Crippen LogP contribution is -2.20. The van der Waals surface area contributed by atoms with Crippen molar-refractivity contribution in [3.8, 4) is 17.2 Å². The summed E-state index contributed by atoms with van der Waals surface area (Å²) in [5.41, 5.74) is 1.99. The fraction of sp³-hybridized carbons (Fsp3) is 0.267. The number of benzene rings is 3. The molecule has 1 N–H and O–H groups in total. The van der Waals surface area contributed by atoms with E-state index in [9.17, 15) is 22.8 Å². The summed E-state index contributed by atoms with van der Waals surface area (Å²) in [6.07, 6.45) is -5.00. The molecule has 0 fully saturated rings. The van der Waals surface area contributed by atoms with E-state index in [0.29, 0.717) is 5.69 Å². The van der Waals surface area contributed by atoms with Gasteiger partial charge in [0, 0.05) is 11.8 Å². The molecule has 0 radical (unpaired) electrons. The van der Waals surface area contributed by atoms with Crippen molar-refractivity contribution in [2.45, 2.75) is 46.2 Å². The number of alkyl halides is 3. The van der Waals surface area contributed by atoms with E-state index in [0.717, 1.165) is 22.8 Å². The maximum absolute atomic E-state index is 13.9. The Morgan fingerprint density at radius 1 is 0.923 bits per heavy atom. The second-order valence-electron chi connectivity index (χ2n) is 10.3.